The van der Waals surface area contributed by atoms with Crippen LogP contribution in [0.15, 0.2) is 103 Å². The Morgan fingerprint density at radius 2 is 1.53 bits per heavy atom. The Labute approximate surface area is 267 Å². The van der Waals surface area contributed by atoms with Crippen molar-refractivity contribution in [2.24, 2.45) is 0 Å². The third-order valence-electron chi connectivity index (χ3n) is 7.60. The number of halogens is 4. The van der Waals surface area contributed by atoms with Gasteiger partial charge < -0.3 is 9.84 Å². The van der Waals surface area contributed by atoms with E-state index < -0.39 is 17.7 Å². The van der Waals surface area contributed by atoms with Crippen molar-refractivity contribution < 1.29 is 27.8 Å². The molecule has 0 bridgehead atoms. The molecule has 0 saturated heterocycles. The number of benzene rings is 4. The van der Waals surface area contributed by atoms with E-state index in [-0.39, 0.29) is 24.0 Å². The van der Waals surface area contributed by atoms with Crippen LogP contribution < -0.4 is 4.74 Å². The van der Waals surface area contributed by atoms with Gasteiger partial charge in [0.25, 0.3) is 0 Å². The van der Waals surface area contributed by atoms with Gasteiger partial charge >= 0.3 is 12.1 Å². The molecule has 4 rings (SSSR count). The second-order valence-electron chi connectivity index (χ2n) is 11.1. The topological polar surface area (TPSA) is 53.0 Å². The predicted octanol–water partition coefficient (Wildman–Crippen LogP) is 8.02. The minimum absolute atomic E-state index is 0.00571. The number of carboxylic acid groups (broad SMARTS) is 1. The molecular formula is C36H38ClF3N2O3. The predicted molar refractivity (Wildman–Crippen MR) is 172 cm³/mol. The first-order valence-electron chi connectivity index (χ1n) is 14.9. The Kier molecular flexibility index (Phi) is 12.4. The van der Waals surface area contributed by atoms with E-state index in [9.17, 15) is 18.0 Å². The molecule has 0 unspecified atom stereocenters. The lowest BCUT2D eigenvalue weighted by atomic mass is 9.90. The Bertz CT molecular complexity index is 1460. The van der Waals surface area contributed by atoms with Crippen molar-refractivity contribution in [3.8, 4) is 5.75 Å². The number of carbonyl (C=O) groups is 1. The largest absolute Gasteiger partial charge is 0.494 e. The highest BCUT2D eigenvalue weighted by atomic mass is 35.5. The Morgan fingerprint density at radius 1 is 0.889 bits per heavy atom. The maximum atomic E-state index is 13.7. The van der Waals surface area contributed by atoms with Crippen LogP contribution in [0.5, 0.6) is 5.75 Å². The zero-order valence-corrected chi connectivity index (χ0v) is 26.0. The van der Waals surface area contributed by atoms with E-state index >= 15 is 0 Å². The number of nitrogens with zero attached hydrogens (tertiary/aromatic N) is 2. The fourth-order valence-corrected chi connectivity index (χ4v) is 5.62. The van der Waals surface area contributed by atoms with E-state index in [1.165, 1.54) is 6.07 Å². The van der Waals surface area contributed by atoms with Gasteiger partial charge in [-0.05, 0) is 60.3 Å². The van der Waals surface area contributed by atoms with Crippen molar-refractivity contribution in [2.75, 3.05) is 39.8 Å². The van der Waals surface area contributed by atoms with E-state index in [2.05, 4.69) is 29.2 Å². The van der Waals surface area contributed by atoms with Crippen molar-refractivity contribution in [1.29, 1.82) is 0 Å². The molecule has 0 amide bonds. The molecule has 238 valence electrons. The van der Waals surface area contributed by atoms with Gasteiger partial charge in [-0.1, -0.05) is 96.5 Å². The summed E-state index contributed by atoms with van der Waals surface area (Å²) in [4.78, 5) is 14.8. The molecule has 0 saturated carbocycles. The highest BCUT2D eigenvalue weighted by Crippen LogP contribution is 2.37. The van der Waals surface area contributed by atoms with Gasteiger partial charge in [0.1, 0.15) is 5.75 Å². The van der Waals surface area contributed by atoms with E-state index in [1.807, 2.05) is 60.7 Å². The number of carboxylic acids is 1. The molecule has 0 aliphatic carbocycles. The third kappa shape index (κ3) is 10.6. The van der Waals surface area contributed by atoms with Crippen molar-refractivity contribution in [1.82, 2.24) is 9.80 Å². The monoisotopic (exact) mass is 638 g/mol. The molecule has 0 fully saturated rings. The van der Waals surface area contributed by atoms with Gasteiger partial charge in [0.05, 0.1) is 23.7 Å². The van der Waals surface area contributed by atoms with Gasteiger partial charge in [0, 0.05) is 32.1 Å². The number of aliphatic carboxylic acids is 1. The summed E-state index contributed by atoms with van der Waals surface area (Å²) in [5.74, 6) is -0.154. The first kappa shape index (κ1) is 34.0. The number of rotatable bonds is 16. The number of alkyl halides is 3. The van der Waals surface area contributed by atoms with Crippen LogP contribution in [-0.4, -0.2) is 60.7 Å². The molecule has 0 aliphatic rings. The zero-order chi connectivity index (χ0) is 32.2. The summed E-state index contributed by atoms with van der Waals surface area (Å²) in [6.45, 7) is 2.39. The summed E-state index contributed by atoms with van der Waals surface area (Å²) >= 11 is 6.33. The van der Waals surface area contributed by atoms with Crippen molar-refractivity contribution in [3.05, 3.63) is 136 Å². The molecule has 4 aromatic carbocycles. The van der Waals surface area contributed by atoms with Crippen LogP contribution in [0.2, 0.25) is 5.02 Å². The Balaban J connectivity index is 1.48. The average Bonchev–Trinajstić information content (AvgIpc) is 3.02. The van der Waals surface area contributed by atoms with Crippen LogP contribution in [0, 0.1) is 0 Å². The lowest BCUT2D eigenvalue weighted by molar-refractivity contribution is -0.138. The normalized spacial score (nSPS) is 11.8. The molecule has 45 heavy (non-hydrogen) atoms. The molecule has 9 heteroatoms. The lowest BCUT2D eigenvalue weighted by Gasteiger charge is -2.29. The van der Waals surface area contributed by atoms with E-state index in [1.54, 1.807) is 18.0 Å². The van der Waals surface area contributed by atoms with E-state index in [0.29, 0.717) is 50.4 Å². The molecule has 0 spiro atoms. The zero-order valence-electron chi connectivity index (χ0n) is 25.2. The number of ether oxygens (including phenoxy) is 1. The van der Waals surface area contributed by atoms with E-state index in [0.717, 1.165) is 22.8 Å². The van der Waals surface area contributed by atoms with Crippen LogP contribution in [0.25, 0.3) is 0 Å². The number of hydrogen-bond acceptors (Lipinski definition) is 4. The first-order chi connectivity index (χ1) is 21.6. The van der Waals surface area contributed by atoms with Crippen LogP contribution in [0.4, 0.5) is 13.2 Å². The summed E-state index contributed by atoms with van der Waals surface area (Å²) in [5.41, 5.74) is 2.87. The van der Waals surface area contributed by atoms with Gasteiger partial charge in [0.2, 0.25) is 0 Å². The average molecular weight is 639 g/mol. The molecule has 0 radical (unpaired) electrons. The highest BCUT2D eigenvalue weighted by molar-refractivity contribution is 6.32. The number of hydrogen-bond donors (Lipinski definition) is 1. The molecule has 0 aliphatic heterocycles. The van der Waals surface area contributed by atoms with Crippen molar-refractivity contribution in [2.45, 2.75) is 31.5 Å². The maximum absolute atomic E-state index is 13.7. The molecule has 1 N–H and O–H groups in total. The third-order valence-corrected chi connectivity index (χ3v) is 8.04. The first-order valence-corrected chi connectivity index (χ1v) is 15.3. The fraction of sp³-hybridized carbons (Fsp3) is 0.306. The molecule has 4 aromatic rings. The molecular weight excluding hydrogens is 601 g/mol. The second-order valence-corrected chi connectivity index (χ2v) is 11.5. The molecule has 0 atom stereocenters. The summed E-state index contributed by atoms with van der Waals surface area (Å²) in [6.07, 6.45) is -3.21. The summed E-state index contributed by atoms with van der Waals surface area (Å²) in [7, 11) is 1.77. The second kappa shape index (κ2) is 16.5. The van der Waals surface area contributed by atoms with Crippen LogP contribution >= 0.6 is 11.6 Å². The van der Waals surface area contributed by atoms with E-state index in [4.69, 9.17) is 21.4 Å². The van der Waals surface area contributed by atoms with Crippen molar-refractivity contribution in [3.63, 3.8) is 0 Å². The van der Waals surface area contributed by atoms with Crippen molar-refractivity contribution >= 4 is 17.6 Å². The Morgan fingerprint density at radius 3 is 2.16 bits per heavy atom. The maximum Gasteiger partial charge on any atom is 0.417 e. The molecule has 5 nitrogen and oxygen atoms in total. The quantitative estimate of drug-likeness (QED) is 0.126. The van der Waals surface area contributed by atoms with Gasteiger partial charge in [0.15, 0.2) is 0 Å². The Hall–Kier alpha value is -3.85. The minimum atomic E-state index is -4.54. The van der Waals surface area contributed by atoms with Crippen LogP contribution in [0.1, 0.15) is 40.2 Å². The SMILES string of the molecule is CN(CCc1cccc(OCCCN(Cc2cccc(C(F)(F)F)c2Cl)CC(c2ccccc2)c2ccccc2)c1)CC(=O)O. The van der Waals surface area contributed by atoms with Gasteiger partial charge in [-0.2, -0.15) is 13.2 Å². The molecule has 0 aromatic heterocycles. The summed E-state index contributed by atoms with van der Waals surface area (Å²) < 4.78 is 47.0. The standard InChI is InChI=1S/C36H38ClF3N2O3/c1-41(26-34(43)44)21-19-27-11-8-17-31(23-27)45-22-10-20-42(24-30-16-9-18-33(35(30)37)36(38,39)40)25-32(28-12-4-2-5-13-28)29-14-6-3-7-15-29/h2-9,11-18,23,32H,10,19-22,24-26H2,1H3,(H,43,44). The minimum Gasteiger partial charge on any atom is -0.494 e. The van der Waals surface area contributed by atoms with Crippen LogP contribution in [-0.2, 0) is 23.9 Å². The highest BCUT2D eigenvalue weighted by Gasteiger charge is 2.34. The van der Waals surface area contributed by atoms with Gasteiger partial charge in [-0.3, -0.25) is 14.6 Å². The van der Waals surface area contributed by atoms with Gasteiger partial charge in [-0.25, -0.2) is 0 Å². The number of likely N-dealkylation sites (N-methyl/N-ethyl adjacent to an activating group) is 1. The van der Waals surface area contributed by atoms with Crippen LogP contribution in [0.3, 0.4) is 0 Å². The summed E-state index contributed by atoms with van der Waals surface area (Å²) in [5, 5.41) is 8.70. The smallest absolute Gasteiger partial charge is 0.417 e. The van der Waals surface area contributed by atoms with Gasteiger partial charge in [-0.15, -0.1) is 0 Å². The molecule has 0 heterocycles. The lowest BCUT2D eigenvalue weighted by Crippen LogP contribution is -2.31. The fourth-order valence-electron chi connectivity index (χ4n) is 5.33. The summed E-state index contributed by atoms with van der Waals surface area (Å²) in [6, 6.07) is 32.0.